The van der Waals surface area contributed by atoms with Gasteiger partial charge in [0, 0.05) is 10.9 Å². The summed E-state index contributed by atoms with van der Waals surface area (Å²) in [6, 6.07) is 11.0. The van der Waals surface area contributed by atoms with Crippen molar-refractivity contribution in [1.29, 1.82) is 0 Å². The zero-order valence-corrected chi connectivity index (χ0v) is 16.3. The minimum atomic E-state index is -4.39. The summed E-state index contributed by atoms with van der Waals surface area (Å²) in [6.45, 7) is 0. The average Bonchev–Trinajstić information content (AvgIpc) is 3.48. The Bertz CT molecular complexity index is 882. The molecule has 29 heavy (non-hydrogen) atoms. The molecule has 1 amide bonds. The summed E-state index contributed by atoms with van der Waals surface area (Å²) in [6.07, 6.45) is -3.89. The van der Waals surface area contributed by atoms with Gasteiger partial charge in [-0.25, -0.2) is 0 Å². The standard InChI is InChI=1S/C21H19ClF3NO3/c1-29-19(27)11-18(13-4-8-15(22)9-5-13)26-20(28)17-10-16(17)12-2-6-14(7-3-12)21(23,24)25/h2-9,16-18H,10-11H2,1H3,(H,26,28). The van der Waals surface area contributed by atoms with E-state index >= 15 is 0 Å². The third-order valence-electron chi connectivity index (χ3n) is 4.98. The van der Waals surface area contributed by atoms with Gasteiger partial charge in [0.2, 0.25) is 5.91 Å². The minimum absolute atomic E-state index is 0.0401. The summed E-state index contributed by atoms with van der Waals surface area (Å²) in [5.41, 5.74) is 0.679. The number of hydrogen-bond acceptors (Lipinski definition) is 3. The van der Waals surface area contributed by atoms with E-state index in [1.807, 2.05) is 0 Å². The molecule has 1 N–H and O–H groups in total. The van der Waals surface area contributed by atoms with Crippen LogP contribution in [0.3, 0.4) is 0 Å². The molecule has 1 saturated carbocycles. The Kier molecular flexibility index (Phi) is 6.17. The van der Waals surface area contributed by atoms with Crippen molar-refractivity contribution in [1.82, 2.24) is 5.32 Å². The van der Waals surface area contributed by atoms with Gasteiger partial charge in [-0.2, -0.15) is 13.2 Å². The highest BCUT2D eigenvalue weighted by molar-refractivity contribution is 6.30. The Labute approximate surface area is 171 Å². The molecule has 154 valence electrons. The first-order chi connectivity index (χ1) is 13.7. The quantitative estimate of drug-likeness (QED) is 0.671. The fraction of sp³-hybridized carbons (Fsp3) is 0.333. The Morgan fingerprint density at radius 1 is 1.14 bits per heavy atom. The molecule has 0 spiro atoms. The van der Waals surface area contributed by atoms with Crippen molar-refractivity contribution in [3.8, 4) is 0 Å². The first kappa shape index (κ1) is 21.2. The second-order valence-electron chi connectivity index (χ2n) is 6.96. The number of benzene rings is 2. The predicted octanol–water partition coefficient (Wildman–Crippen LogP) is 4.88. The highest BCUT2D eigenvalue weighted by Crippen LogP contribution is 2.48. The summed E-state index contributed by atoms with van der Waals surface area (Å²) < 4.78 is 42.8. The second kappa shape index (κ2) is 8.45. The number of alkyl halides is 3. The fourth-order valence-electron chi connectivity index (χ4n) is 3.25. The van der Waals surface area contributed by atoms with Crippen molar-refractivity contribution in [2.24, 2.45) is 5.92 Å². The molecule has 0 bridgehead atoms. The van der Waals surface area contributed by atoms with Gasteiger partial charge in [0.05, 0.1) is 25.1 Å². The molecular weight excluding hydrogens is 407 g/mol. The number of methoxy groups -OCH3 is 1. The molecule has 0 saturated heterocycles. The fourth-order valence-corrected chi connectivity index (χ4v) is 3.37. The lowest BCUT2D eigenvalue weighted by Gasteiger charge is -2.18. The molecule has 8 heteroatoms. The average molecular weight is 426 g/mol. The Hall–Kier alpha value is -2.54. The number of nitrogens with one attached hydrogen (secondary N) is 1. The van der Waals surface area contributed by atoms with Crippen LogP contribution in [0.2, 0.25) is 5.02 Å². The number of esters is 1. The van der Waals surface area contributed by atoms with E-state index in [1.54, 1.807) is 24.3 Å². The molecule has 0 heterocycles. The van der Waals surface area contributed by atoms with Gasteiger partial charge < -0.3 is 10.1 Å². The SMILES string of the molecule is COC(=O)CC(NC(=O)C1CC1c1ccc(C(F)(F)F)cc1)c1ccc(Cl)cc1. The predicted molar refractivity (Wildman–Crippen MR) is 101 cm³/mol. The first-order valence-electron chi connectivity index (χ1n) is 8.99. The molecule has 3 rings (SSSR count). The van der Waals surface area contributed by atoms with Crippen molar-refractivity contribution in [3.63, 3.8) is 0 Å². The Balaban J connectivity index is 1.67. The lowest BCUT2D eigenvalue weighted by Crippen LogP contribution is -2.32. The number of ether oxygens (including phenoxy) is 1. The maximum absolute atomic E-state index is 12.7. The summed E-state index contributed by atoms with van der Waals surface area (Å²) in [7, 11) is 1.27. The van der Waals surface area contributed by atoms with Crippen molar-refractivity contribution in [2.75, 3.05) is 7.11 Å². The van der Waals surface area contributed by atoms with Gasteiger partial charge in [-0.3, -0.25) is 9.59 Å². The molecule has 4 nitrogen and oxygen atoms in total. The topological polar surface area (TPSA) is 55.4 Å². The molecule has 2 aromatic carbocycles. The monoisotopic (exact) mass is 425 g/mol. The lowest BCUT2D eigenvalue weighted by atomic mass is 10.0. The number of amides is 1. The zero-order chi connectivity index (χ0) is 21.2. The largest absolute Gasteiger partial charge is 0.469 e. The van der Waals surface area contributed by atoms with Gasteiger partial charge in [0.1, 0.15) is 0 Å². The molecule has 1 fully saturated rings. The highest BCUT2D eigenvalue weighted by atomic mass is 35.5. The van der Waals surface area contributed by atoms with E-state index < -0.39 is 23.8 Å². The van der Waals surface area contributed by atoms with Crippen molar-refractivity contribution < 1.29 is 27.5 Å². The third kappa shape index (κ3) is 5.29. The number of halogens is 4. The molecule has 2 aromatic rings. The molecule has 3 atom stereocenters. The van der Waals surface area contributed by atoms with Crippen LogP contribution in [0.15, 0.2) is 48.5 Å². The van der Waals surface area contributed by atoms with Crippen LogP contribution in [-0.4, -0.2) is 19.0 Å². The van der Waals surface area contributed by atoms with Crippen molar-refractivity contribution in [3.05, 3.63) is 70.2 Å². The molecule has 1 aliphatic carbocycles. The molecular formula is C21H19ClF3NO3. The van der Waals surface area contributed by atoms with Gasteiger partial charge in [-0.05, 0) is 47.7 Å². The van der Waals surface area contributed by atoms with E-state index in [9.17, 15) is 22.8 Å². The maximum Gasteiger partial charge on any atom is 0.416 e. The minimum Gasteiger partial charge on any atom is -0.469 e. The van der Waals surface area contributed by atoms with Crippen LogP contribution < -0.4 is 5.32 Å². The number of carbonyl (C=O) groups is 2. The molecule has 0 aliphatic heterocycles. The van der Waals surface area contributed by atoms with Crippen LogP contribution in [0.1, 0.15) is 41.5 Å². The molecule has 0 radical (unpaired) electrons. The van der Waals surface area contributed by atoms with E-state index in [0.717, 1.165) is 12.1 Å². The van der Waals surface area contributed by atoms with Crippen LogP contribution in [-0.2, 0) is 20.5 Å². The molecule has 0 aromatic heterocycles. The highest BCUT2D eigenvalue weighted by Gasteiger charge is 2.44. The second-order valence-corrected chi connectivity index (χ2v) is 7.40. The number of hydrogen-bond donors (Lipinski definition) is 1. The summed E-state index contributed by atoms with van der Waals surface area (Å²) in [5.74, 6) is -1.21. The van der Waals surface area contributed by atoms with Gasteiger partial charge in [-0.1, -0.05) is 35.9 Å². The first-order valence-corrected chi connectivity index (χ1v) is 9.36. The van der Waals surface area contributed by atoms with E-state index in [-0.39, 0.29) is 24.2 Å². The van der Waals surface area contributed by atoms with E-state index in [4.69, 9.17) is 16.3 Å². The van der Waals surface area contributed by atoms with Crippen LogP contribution in [0.4, 0.5) is 13.2 Å². The van der Waals surface area contributed by atoms with Crippen LogP contribution >= 0.6 is 11.6 Å². The van der Waals surface area contributed by atoms with Crippen molar-refractivity contribution >= 4 is 23.5 Å². The van der Waals surface area contributed by atoms with E-state index in [1.165, 1.54) is 19.2 Å². The Morgan fingerprint density at radius 3 is 2.31 bits per heavy atom. The van der Waals surface area contributed by atoms with Crippen LogP contribution in [0, 0.1) is 5.92 Å². The van der Waals surface area contributed by atoms with Gasteiger partial charge >= 0.3 is 12.1 Å². The van der Waals surface area contributed by atoms with E-state index in [2.05, 4.69) is 5.32 Å². The van der Waals surface area contributed by atoms with Crippen molar-refractivity contribution in [2.45, 2.75) is 31.0 Å². The van der Waals surface area contributed by atoms with Crippen LogP contribution in [0.5, 0.6) is 0 Å². The Morgan fingerprint density at radius 2 is 1.76 bits per heavy atom. The number of rotatable bonds is 6. The third-order valence-corrected chi connectivity index (χ3v) is 5.23. The summed E-state index contributed by atoms with van der Waals surface area (Å²) in [5, 5.41) is 3.38. The normalized spacial score (nSPS) is 19.3. The van der Waals surface area contributed by atoms with Gasteiger partial charge in [0.25, 0.3) is 0 Å². The van der Waals surface area contributed by atoms with Gasteiger partial charge in [-0.15, -0.1) is 0 Å². The number of carbonyl (C=O) groups excluding carboxylic acids is 2. The van der Waals surface area contributed by atoms with Gasteiger partial charge in [0.15, 0.2) is 0 Å². The summed E-state index contributed by atoms with van der Waals surface area (Å²) in [4.78, 5) is 24.4. The molecule has 3 unspecified atom stereocenters. The maximum atomic E-state index is 12.7. The lowest BCUT2D eigenvalue weighted by molar-refractivity contribution is -0.141. The zero-order valence-electron chi connectivity index (χ0n) is 15.5. The van der Waals surface area contributed by atoms with E-state index in [0.29, 0.717) is 22.6 Å². The smallest absolute Gasteiger partial charge is 0.416 e. The van der Waals surface area contributed by atoms with Crippen LogP contribution in [0.25, 0.3) is 0 Å². The molecule has 1 aliphatic rings. The summed E-state index contributed by atoms with van der Waals surface area (Å²) >= 11 is 5.89.